The van der Waals surface area contributed by atoms with Gasteiger partial charge < -0.3 is 15.2 Å². The van der Waals surface area contributed by atoms with Crippen molar-refractivity contribution in [3.05, 3.63) is 60.1 Å². The van der Waals surface area contributed by atoms with Crippen LogP contribution in [0, 0.1) is 5.92 Å². The van der Waals surface area contributed by atoms with Crippen molar-refractivity contribution >= 4 is 17.5 Å². The molecule has 0 radical (unpaired) electrons. The number of hydrogen-bond acceptors (Lipinski definition) is 6. The zero-order valence-electron chi connectivity index (χ0n) is 16.0. The van der Waals surface area contributed by atoms with E-state index in [0.29, 0.717) is 17.4 Å². The molecule has 0 aliphatic heterocycles. The Morgan fingerprint density at radius 2 is 1.97 bits per heavy atom. The Hall–Kier alpha value is -3.55. The van der Waals surface area contributed by atoms with E-state index in [-0.39, 0.29) is 24.2 Å². The van der Waals surface area contributed by atoms with Gasteiger partial charge in [-0.15, -0.1) is 0 Å². The number of rotatable bonds is 7. The highest BCUT2D eigenvalue weighted by atomic mass is 16.5. The minimum absolute atomic E-state index is 0.0638. The number of pyridine rings is 1. The number of carbonyl (C=O) groups is 2. The molecule has 148 valence electrons. The molecule has 1 fully saturated rings. The monoisotopic (exact) mass is 391 g/mol. The molecule has 0 bridgehead atoms. The van der Waals surface area contributed by atoms with Crippen LogP contribution in [0.5, 0.6) is 0 Å². The Labute approximate surface area is 167 Å². The Bertz CT molecular complexity index is 997. The van der Waals surface area contributed by atoms with E-state index >= 15 is 0 Å². The van der Waals surface area contributed by atoms with Gasteiger partial charge in [0, 0.05) is 17.8 Å². The molecule has 2 heterocycles. The molecule has 1 saturated carbocycles. The molecule has 8 nitrogen and oxygen atoms in total. The summed E-state index contributed by atoms with van der Waals surface area (Å²) in [5, 5.41) is 9.65. The Balaban J connectivity index is 1.31. The molecule has 1 unspecified atom stereocenters. The van der Waals surface area contributed by atoms with Crippen molar-refractivity contribution in [3.63, 3.8) is 0 Å². The molecule has 1 aromatic carbocycles. The maximum absolute atomic E-state index is 12.4. The van der Waals surface area contributed by atoms with Crippen LogP contribution < -0.4 is 10.6 Å². The highest BCUT2D eigenvalue weighted by Crippen LogP contribution is 2.30. The number of aromatic nitrogens is 3. The second-order valence-electron chi connectivity index (χ2n) is 7.10. The van der Waals surface area contributed by atoms with Crippen molar-refractivity contribution in [2.75, 3.05) is 5.32 Å². The lowest BCUT2D eigenvalue weighted by molar-refractivity contribution is -0.121. The van der Waals surface area contributed by atoms with Crippen molar-refractivity contribution in [2.45, 2.75) is 32.2 Å². The average molecular weight is 391 g/mol. The topological polar surface area (TPSA) is 110 Å². The van der Waals surface area contributed by atoms with Gasteiger partial charge in [0.05, 0.1) is 6.42 Å². The molecule has 8 heteroatoms. The van der Waals surface area contributed by atoms with Crippen LogP contribution in [0.1, 0.15) is 37.3 Å². The smallest absolute Gasteiger partial charge is 0.249 e. The van der Waals surface area contributed by atoms with Gasteiger partial charge in [0.25, 0.3) is 0 Å². The number of hydrogen-bond donors (Lipinski definition) is 2. The van der Waals surface area contributed by atoms with Crippen molar-refractivity contribution in [1.82, 2.24) is 20.4 Å². The molecule has 2 amide bonds. The van der Waals surface area contributed by atoms with E-state index in [1.54, 1.807) is 25.3 Å². The van der Waals surface area contributed by atoms with Gasteiger partial charge in [-0.3, -0.25) is 14.6 Å². The van der Waals surface area contributed by atoms with Gasteiger partial charge in [-0.1, -0.05) is 23.4 Å². The molecule has 2 aromatic heterocycles. The first-order valence-electron chi connectivity index (χ1n) is 9.52. The summed E-state index contributed by atoms with van der Waals surface area (Å²) >= 11 is 0. The number of amides is 2. The second kappa shape index (κ2) is 8.22. The Morgan fingerprint density at radius 3 is 2.66 bits per heavy atom. The number of benzene rings is 1. The van der Waals surface area contributed by atoms with Gasteiger partial charge in [-0.2, -0.15) is 4.98 Å². The third-order valence-electron chi connectivity index (χ3n) is 4.62. The van der Waals surface area contributed by atoms with Crippen LogP contribution >= 0.6 is 0 Å². The van der Waals surface area contributed by atoms with E-state index in [1.165, 1.54) is 0 Å². The molecular formula is C21H21N5O3. The van der Waals surface area contributed by atoms with E-state index in [2.05, 4.69) is 25.8 Å². The second-order valence-corrected chi connectivity index (χ2v) is 7.10. The third-order valence-corrected chi connectivity index (χ3v) is 4.62. The molecule has 1 atom stereocenters. The van der Waals surface area contributed by atoms with Crippen LogP contribution in [0.3, 0.4) is 0 Å². The van der Waals surface area contributed by atoms with Gasteiger partial charge >= 0.3 is 0 Å². The van der Waals surface area contributed by atoms with Crippen molar-refractivity contribution < 1.29 is 14.1 Å². The highest BCUT2D eigenvalue weighted by Gasteiger charge is 2.29. The molecular weight excluding hydrogens is 370 g/mol. The van der Waals surface area contributed by atoms with Crippen molar-refractivity contribution in [2.24, 2.45) is 5.92 Å². The zero-order chi connectivity index (χ0) is 20.2. The normalized spacial score (nSPS) is 14.2. The van der Waals surface area contributed by atoms with E-state index < -0.39 is 6.04 Å². The Kier molecular flexibility index (Phi) is 5.33. The van der Waals surface area contributed by atoms with E-state index in [9.17, 15) is 9.59 Å². The summed E-state index contributed by atoms with van der Waals surface area (Å²) in [6.07, 6.45) is 3.79. The summed E-state index contributed by atoms with van der Waals surface area (Å²) in [6, 6.07) is 12.3. The van der Waals surface area contributed by atoms with E-state index in [4.69, 9.17) is 4.52 Å². The van der Waals surface area contributed by atoms with Gasteiger partial charge in [0.1, 0.15) is 11.7 Å². The average Bonchev–Trinajstić information content (AvgIpc) is 3.46. The first-order chi connectivity index (χ1) is 14.1. The summed E-state index contributed by atoms with van der Waals surface area (Å²) in [6.45, 7) is 1.78. The standard InChI is InChI=1S/C21H21N5O3/c1-13(21-25-19(26-29-21)17-4-2-3-11-22-17)23-18(27)12-14-5-9-16(10-6-14)24-20(28)15-7-8-15/h2-6,9-11,13,15H,7-8,12H2,1H3,(H,23,27)(H,24,28). The van der Waals surface area contributed by atoms with Gasteiger partial charge in [-0.05, 0) is 49.6 Å². The fourth-order valence-corrected chi connectivity index (χ4v) is 2.85. The molecule has 29 heavy (non-hydrogen) atoms. The SMILES string of the molecule is CC(NC(=O)Cc1ccc(NC(=O)C2CC2)cc1)c1nc(-c2ccccn2)no1. The molecule has 0 spiro atoms. The minimum atomic E-state index is -0.426. The van der Waals surface area contributed by atoms with Crippen LogP contribution in [0.4, 0.5) is 5.69 Å². The number of nitrogens with zero attached hydrogens (tertiary/aromatic N) is 3. The summed E-state index contributed by atoms with van der Waals surface area (Å²) in [5.74, 6) is 0.756. The number of nitrogens with one attached hydrogen (secondary N) is 2. The molecule has 4 rings (SSSR count). The lowest BCUT2D eigenvalue weighted by Crippen LogP contribution is -2.28. The quantitative estimate of drug-likeness (QED) is 0.641. The highest BCUT2D eigenvalue weighted by molar-refractivity contribution is 5.94. The number of carbonyl (C=O) groups excluding carboxylic acids is 2. The lowest BCUT2D eigenvalue weighted by Gasteiger charge is -2.10. The molecule has 0 saturated heterocycles. The summed E-state index contributed by atoms with van der Waals surface area (Å²) in [4.78, 5) is 32.6. The van der Waals surface area contributed by atoms with Gasteiger partial charge in [0.15, 0.2) is 0 Å². The summed E-state index contributed by atoms with van der Waals surface area (Å²) in [5.41, 5.74) is 2.20. The van der Waals surface area contributed by atoms with Gasteiger partial charge in [-0.25, -0.2) is 0 Å². The fourth-order valence-electron chi connectivity index (χ4n) is 2.85. The van der Waals surface area contributed by atoms with E-state index in [1.807, 2.05) is 30.3 Å². The first-order valence-corrected chi connectivity index (χ1v) is 9.52. The molecule has 2 N–H and O–H groups in total. The van der Waals surface area contributed by atoms with Crippen LogP contribution in [0.2, 0.25) is 0 Å². The molecule has 1 aliphatic carbocycles. The predicted molar refractivity (Wildman–Crippen MR) is 106 cm³/mol. The maximum atomic E-state index is 12.4. The Morgan fingerprint density at radius 1 is 1.17 bits per heavy atom. The summed E-state index contributed by atoms with van der Waals surface area (Å²) < 4.78 is 5.25. The van der Waals surface area contributed by atoms with Crippen LogP contribution in [0.15, 0.2) is 53.2 Å². The molecule has 1 aliphatic rings. The van der Waals surface area contributed by atoms with Gasteiger partial charge in [0.2, 0.25) is 23.5 Å². The fraction of sp³-hybridized carbons (Fsp3) is 0.286. The molecule has 3 aromatic rings. The van der Waals surface area contributed by atoms with Crippen LogP contribution in [-0.4, -0.2) is 26.9 Å². The first kappa shape index (κ1) is 18.8. The largest absolute Gasteiger partial charge is 0.344 e. The third kappa shape index (κ3) is 4.84. The minimum Gasteiger partial charge on any atom is -0.344 e. The maximum Gasteiger partial charge on any atom is 0.249 e. The van der Waals surface area contributed by atoms with Crippen LogP contribution in [0.25, 0.3) is 11.5 Å². The van der Waals surface area contributed by atoms with Crippen molar-refractivity contribution in [1.29, 1.82) is 0 Å². The summed E-state index contributed by atoms with van der Waals surface area (Å²) in [7, 11) is 0. The van der Waals surface area contributed by atoms with Crippen LogP contribution in [-0.2, 0) is 16.0 Å². The number of anilines is 1. The van der Waals surface area contributed by atoms with E-state index in [0.717, 1.165) is 24.1 Å². The zero-order valence-corrected chi connectivity index (χ0v) is 16.0. The predicted octanol–water partition coefficient (Wildman–Crippen LogP) is 2.90. The van der Waals surface area contributed by atoms with Crippen molar-refractivity contribution in [3.8, 4) is 11.5 Å². The lowest BCUT2D eigenvalue weighted by atomic mass is 10.1.